The largest absolute Gasteiger partial charge is 0.386 e. The number of rotatable bonds is 0. The Morgan fingerprint density at radius 1 is 1.75 bits per heavy atom. The first-order chi connectivity index (χ1) is 3.79. The van der Waals surface area contributed by atoms with Gasteiger partial charge in [-0.3, -0.25) is 0 Å². The lowest BCUT2D eigenvalue weighted by Gasteiger charge is -2.21. The molecule has 0 aromatic heterocycles. The van der Waals surface area contributed by atoms with E-state index in [9.17, 15) is 0 Å². The van der Waals surface area contributed by atoms with Crippen molar-refractivity contribution in [2.24, 2.45) is 0 Å². The molecule has 1 N–H and O–H groups in total. The molecule has 8 heavy (non-hydrogen) atoms. The molecule has 1 rings (SSSR count). The van der Waals surface area contributed by atoms with Crippen molar-refractivity contribution < 1.29 is 0 Å². The van der Waals surface area contributed by atoms with E-state index in [1.165, 1.54) is 5.70 Å². The van der Waals surface area contributed by atoms with Gasteiger partial charge in [-0.15, -0.1) is 0 Å². The van der Waals surface area contributed by atoms with Crippen molar-refractivity contribution in [3.05, 3.63) is 11.9 Å². The van der Waals surface area contributed by atoms with E-state index >= 15 is 0 Å². The van der Waals surface area contributed by atoms with Gasteiger partial charge in [0.2, 0.25) is 0 Å². The highest BCUT2D eigenvalue weighted by Crippen LogP contribution is 1.95. The Hall–Kier alpha value is -0.660. The van der Waals surface area contributed by atoms with Crippen LogP contribution in [0.5, 0.6) is 0 Å². The summed E-state index contributed by atoms with van der Waals surface area (Å²) in [6.07, 6.45) is 2.11. The Kier molecular flexibility index (Phi) is 1.42. The van der Waals surface area contributed by atoms with Crippen LogP contribution in [0.4, 0.5) is 0 Å². The number of hydrogen-bond donors (Lipinski definition) is 1. The molecule has 0 aromatic rings. The Labute approximate surface area is 50.2 Å². The molecule has 0 amide bonds. The van der Waals surface area contributed by atoms with Gasteiger partial charge in [0.05, 0.1) is 0 Å². The zero-order valence-corrected chi connectivity index (χ0v) is 5.44. The fourth-order valence-electron chi connectivity index (χ4n) is 0.870. The fourth-order valence-corrected chi connectivity index (χ4v) is 0.870. The molecule has 0 atom stereocenters. The van der Waals surface area contributed by atoms with E-state index in [1.807, 2.05) is 0 Å². The molecular formula is C6H12N2. The number of allylic oxidation sites excluding steroid dienone is 1. The van der Waals surface area contributed by atoms with Gasteiger partial charge >= 0.3 is 0 Å². The van der Waals surface area contributed by atoms with E-state index in [2.05, 4.69) is 30.4 Å². The molecule has 1 heterocycles. The van der Waals surface area contributed by atoms with Gasteiger partial charge in [0.25, 0.3) is 0 Å². The average Bonchev–Trinajstić information content (AvgIpc) is 1.64. The first-order valence-corrected chi connectivity index (χ1v) is 2.91. The van der Waals surface area contributed by atoms with Crippen molar-refractivity contribution in [1.82, 2.24) is 10.2 Å². The molecule has 0 aliphatic carbocycles. The first-order valence-electron chi connectivity index (χ1n) is 2.91. The van der Waals surface area contributed by atoms with Gasteiger partial charge in [0.15, 0.2) is 0 Å². The van der Waals surface area contributed by atoms with E-state index in [0.29, 0.717) is 0 Å². The second kappa shape index (κ2) is 2.07. The fraction of sp³-hybridized carbons (Fsp3) is 0.667. The predicted octanol–water partition coefficient (Wildman–Crippen LogP) is 0.383. The van der Waals surface area contributed by atoms with Gasteiger partial charge in [-0.1, -0.05) is 0 Å². The molecule has 2 nitrogen and oxygen atoms in total. The van der Waals surface area contributed by atoms with Crippen LogP contribution in [0.15, 0.2) is 11.9 Å². The highest BCUT2D eigenvalue weighted by Gasteiger charge is 1.98. The maximum Gasteiger partial charge on any atom is 0.0343 e. The monoisotopic (exact) mass is 112 g/mol. The minimum absolute atomic E-state index is 1.08. The number of likely N-dealkylation sites (N-methyl/N-ethyl adjacent to an activating group) is 1. The molecule has 1 aliphatic heterocycles. The van der Waals surface area contributed by atoms with Gasteiger partial charge in [-0.2, -0.15) is 0 Å². The van der Waals surface area contributed by atoms with Gasteiger partial charge in [-0.25, -0.2) is 0 Å². The Morgan fingerprint density at radius 3 is 2.88 bits per heavy atom. The SMILES string of the molecule is CC1=CN(C)CCN1. The van der Waals surface area contributed by atoms with Crippen LogP contribution in [-0.2, 0) is 0 Å². The number of hydrogen-bond acceptors (Lipinski definition) is 2. The molecule has 2 heteroatoms. The second-order valence-corrected chi connectivity index (χ2v) is 2.22. The van der Waals surface area contributed by atoms with Crippen LogP contribution in [0, 0.1) is 0 Å². The summed E-state index contributed by atoms with van der Waals surface area (Å²) >= 11 is 0. The van der Waals surface area contributed by atoms with E-state index < -0.39 is 0 Å². The van der Waals surface area contributed by atoms with Crippen LogP contribution in [0.3, 0.4) is 0 Å². The second-order valence-electron chi connectivity index (χ2n) is 2.22. The molecule has 0 spiro atoms. The summed E-state index contributed by atoms with van der Waals surface area (Å²) < 4.78 is 0. The van der Waals surface area contributed by atoms with Gasteiger partial charge in [0, 0.05) is 32.0 Å². The lowest BCUT2D eigenvalue weighted by Crippen LogP contribution is -2.31. The van der Waals surface area contributed by atoms with Crippen molar-refractivity contribution >= 4 is 0 Å². The zero-order chi connectivity index (χ0) is 5.98. The molecule has 0 fully saturated rings. The smallest absolute Gasteiger partial charge is 0.0343 e. The number of nitrogens with zero attached hydrogens (tertiary/aromatic N) is 1. The van der Waals surface area contributed by atoms with E-state index in [-0.39, 0.29) is 0 Å². The van der Waals surface area contributed by atoms with Crippen molar-refractivity contribution in [2.45, 2.75) is 6.92 Å². The summed E-state index contributed by atoms with van der Waals surface area (Å²) in [5, 5.41) is 3.23. The normalized spacial score (nSPS) is 19.8. The van der Waals surface area contributed by atoms with Crippen molar-refractivity contribution in [2.75, 3.05) is 20.1 Å². The Bertz CT molecular complexity index is 107. The average molecular weight is 112 g/mol. The van der Waals surface area contributed by atoms with Crippen LogP contribution < -0.4 is 5.32 Å². The lowest BCUT2D eigenvalue weighted by atomic mass is 10.4. The molecule has 0 saturated carbocycles. The Morgan fingerprint density at radius 2 is 2.50 bits per heavy atom. The molecule has 1 aliphatic rings. The minimum atomic E-state index is 1.08. The first kappa shape index (κ1) is 5.48. The van der Waals surface area contributed by atoms with E-state index in [0.717, 1.165) is 13.1 Å². The standard InChI is InChI=1S/C6H12N2/c1-6-5-8(2)4-3-7-6/h5,7H,3-4H2,1-2H3. The minimum Gasteiger partial charge on any atom is -0.386 e. The van der Waals surface area contributed by atoms with Gasteiger partial charge in [0.1, 0.15) is 0 Å². The highest BCUT2D eigenvalue weighted by atomic mass is 15.1. The van der Waals surface area contributed by atoms with Crippen molar-refractivity contribution in [3.63, 3.8) is 0 Å². The summed E-state index contributed by atoms with van der Waals surface area (Å²) in [5.74, 6) is 0. The summed E-state index contributed by atoms with van der Waals surface area (Å²) in [6, 6.07) is 0. The summed E-state index contributed by atoms with van der Waals surface area (Å²) in [6.45, 7) is 4.28. The van der Waals surface area contributed by atoms with E-state index in [1.54, 1.807) is 0 Å². The topological polar surface area (TPSA) is 15.3 Å². The Balaban J connectivity index is 2.50. The van der Waals surface area contributed by atoms with Crippen LogP contribution in [0.2, 0.25) is 0 Å². The third-order valence-corrected chi connectivity index (χ3v) is 1.28. The molecule has 0 unspecified atom stereocenters. The summed E-state index contributed by atoms with van der Waals surface area (Å²) in [5.41, 5.74) is 1.26. The van der Waals surface area contributed by atoms with Crippen molar-refractivity contribution in [3.8, 4) is 0 Å². The van der Waals surface area contributed by atoms with Crippen LogP contribution in [0.1, 0.15) is 6.92 Å². The predicted molar refractivity (Wildman–Crippen MR) is 34.4 cm³/mol. The third-order valence-electron chi connectivity index (χ3n) is 1.28. The maximum atomic E-state index is 3.23. The molecular weight excluding hydrogens is 100 g/mol. The molecule has 46 valence electrons. The quantitative estimate of drug-likeness (QED) is 0.487. The van der Waals surface area contributed by atoms with E-state index in [4.69, 9.17) is 0 Å². The van der Waals surface area contributed by atoms with Gasteiger partial charge < -0.3 is 10.2 Å². The summed E-state index contributed by atoms with van der Waals surface area (Å²) in [7, 11) is 2.09. The van der Waals surface area contributed by atoms with Crippen LogP contribution in [-0.4, -0.2) is 25.0 Å². The highest BCUT2D eigenvalue weighted by molar-refractivity contribution is 4.97. The van der Waals surface area contributed by atoms with Gasteiger partial charge in [-0.05, 0) is 6.92 Å². The molecule has 0 radical (unpaired) electrons. The summed E-state index contributed by atoms with van der Waals surface area (Å²) in [4.78, 5) is 2.19. The van der Waals surface area contributed by atoms with Crippen molar-refractivity contribution in [1.29, 1.82) is 0 Å². The molecule has 0 saturated heterocycles. The molecule has 0 aromatic carbocycles. The maximum absolute atomic E-state index is 3.23. The zero-order valence-electron chi connectivity index (χ0n) is 5.44. The van der Waals surface area contributed by atoms with Crippen LogP contribution >= 0.6 is 0 Å². The lowest BCUT2D eigenvalue weighted by molar-refractivity contribution is 0.420. The molecule has 0 bridgehead atoms. The number of nitrogens with one attached hydrogen (secondary N) is 1. The third kappa shape index (κ3) is 1.15. The van der Waals surface area contributed by atoms with Crippen LogP contribution in [0.25, 0.3) is 0 Å².